The van der Waals surface area contributed by atoms with Crippen LogP contribution < -0.4 is 15.8 Å². The number of hydrogen-bond donors (Lipinski definition) is 2. The molecule has 7 nitrogen and oxygen atoms in total. The molecule has 0 spiro atoms. The van der Waals surface area contributed by atoms with Crippen LogP contribution in [0.5, 0.6) is 5.75 Å². The number of hydrogen-bond acceptors (Lipinski definition) is 5. The topological polar surface area (TPSA) is 85.4 Å². The van der Waals surface area contributed by atoms with E-state index >= 15 is 0 Å². The van der Waals surface area contributed by atoms with Gasteiger partial charge in [0.2, 0.25) is 0 Å². The molecule has 4 rings (SSSR count). The highest BCUT2D eigenvalue weighted by Crippen LogP contribution is 2.28. The number of anilines is 2. The summed E-state index contributed by atoms with van der Waals surface area (Å²) < 4.78 is 21.5. The summed E-state index contributed by atoms with van der Waals surface area (Å²) in [6, 6.07) is 11.7. The summed E-state index contributed by atoms with van der Waals surface area (Å²) in [5.41, 5.74) is 6.54. The van der Waals surface area contributed by atoms with Crippen molar-refractivity contribution in [2.75, 3.05) is 25.5 Å². The van der Waals surface area contributed by atoms with Crippen molar-refractivity contribution >= 4 is 28.9 Å². The van der Waals surface area contributed by atoms with Crippen LogP contribution in [0.1, 0.15) is 23.3 Å². The number of para-hydroxylation sites is 1. The normalized spacial score (nSPS) is 15.1. The lowest BCUT2D eigenvalue weighted by molar-refractivity contribution is 0.0996. The Morgan fingerprint density at radius 1 is 1.23 bits per heavy atom. The molecule has 1 aliphatic rings. The first kappa shape index (κ1) is 21.1. The molecule has 0 aliphatic carbocycles. The maximum Gasteiger partial charge on any atom is 0.271 e. The lowest BCUT2D eigenvalue weighted by atomic mass is 10.1. The lowest BCUT2D eigenvalue weighted by Gasteiger charge is -2.29. The van der Waals surface area contributed by atoms with Crippen molar-refractivity contribution in [1.29, 1.82) is 0 Å². The largest absolute Gasteiger partial charge is 0.490 e. The first-order chi connectivity index (χ1) is 14.9. The van der Waals surface area contributed by atoms with Crippen molar-refractivity contribution in [2.45, 2.75) is 18.9 Å². The quantitative estimate of drug-likeness (QED) is 0.602. The van der Waals surface area contributed by atoms with Crippen LogP contribution in [0, 0.1) is 5.82 Å². The summed E-state index contributed by atoms with van der Waals surface area (Å²) in [5.74, 6) is -0.520. The van der Waals surface area contributed by atoms with E-state index in [1.165, 1.54) is 23.0 Å². The number of rotatable bonds is 6. The minimum Gasteiger partial charge on any atom is -0.490 e. The SMILES string of the molecule is CN1CCC(Oc2ccc(Nc3cn(-c4c(F)cccc4Cl)nc3C(N)=O)cc2)CC1. The summed E-state index contributed by atoms with van der Waals surface area (Å²) in [6.07, 6.45) is 3.68. The minimum atomic E-state index is -0.740. The number of benzene rings is 2. The zero-order valence-electron chi connectivity index (χ0n) is 17.0. The highest BCUT2D eigenvalue weighted by atomic mass is 35.5. The molecule has 0 saturated carbocycles. The number of halogens is 2. The van der Waals surface area contributed by atoms with Gasteiger partial charge in [0, 0.05) is 18.8 Å². The molecule has 3 N–H and O–H groups in total. The van der Waals surface area contributed by atoms with Crippen LogP contribution in [0.15, 0.2) is 48.7 Å². The molecule has 2 heterocycles. The van der Waals surface area contributed by atoms with Crippen LogP contribution in [0.25, 0.3) is 5.69 Å². The highest BCUT2D eigenvalue weighted by Gasteiger charge is 2.20. The summed E-state index contributed by atoms with van der Waals surface area (Å²) >= 11 is 6.12. The van der Waals surface area contributed by atoms with Crippen molar-refractivity contribution in [2.24, 2.45) is 5.73 Å². The van der Waals surface area contributed by atoms with E-state index in [1.807, 2.05) is 24.3 Å². The van der Waals surface area contributed by atoms with Gasteiger partial charge in [-0.2, -0.15) is 5.10 Å². The number of amides is 1. The Labute approximate surface area is 184 Å². The molecule has 1 amide bonds. The fraction of sp³-hybridized carbons (Fsp3) is 0.273. The number of nitrogens with two attached hydrogens (primary N) is 1. The number of carbonyl (C=O) groups excluding carboxylic acids is 1. The zero-order valence-corrected chi connectivity index (χ0v) is 17.8. The third-order valence-corrected chi connectivity index (χ3v) is 5.52. The first-order valence-corrected chi connectivity index (χ1v) is 10.3. The minimum absolute atomic E-state index is 0.0222. The molecule has 1 saturated heterocycles. The van der Waals surface area contributed by atoms with Crippen LogP contribution in [0.4, 0.5) is 15.8 Å². The van der Waals surface area contributed by atoms with Crippen LogP contribution >= 0.6 is 11.6 Å². The van der Waals surface area contributed by atoms with Gasteiger partial charge < -0.3 is 20.7 Å². The standard InChI is InChI=1S/C22H23ClFN5O2/c1-28-11-9-16(10-12-28)31-15-7-5-14(6-8-15)26-19-13-29(27-20(19)22(25)30)21-17(23)3-2-4-18(21)24/h2-8,13,16,26H,9-12H2,1H3,(H2,25,30). The van der Waals surface area contributed by atoms with Crippen LogP contribution in [-0.2, 0) is 0 Å². The number of ether oxygens (including phenoxy) is 1. The van der Waals surface area contributed by atoms with Crippen molar-refractivity contribution in [3.05, 3.63) is 65.2 Å². The fourth-order valence-electron chi connectivity index (χ4n) is 3.54. The van der Waals surface area contributed by atoms with Gasteiger partial charge in [-0.3, -0.25) is 4.79 Å². The maximum absolute atomic E-state index is 14.3. The number of nitrogens with zero attached hydrogens (tertiary/aromatic N) is 3. The first-order valence-electron chi connectivity index (χ1n) is 9.97. The average molecular weight is 444 g/mol. The van der Waals surface area contributed by atoms with Gasteiger partial charge in [-0.05, 0) is 56.3 Å². The van der Waals surface area contributed by atoms with Crippen molar-refractivity contribution in [3.63, 3.8) is 0 Å². The smallest absolute Gasteiger partial charge is 0.271 e. The molecule has 9 heteroatoms. The van der Waals surface area contributed by atoms with Gasteiger partial charge >= 0.3 is 0 Å². The molecular weight excluding hydrogens is 421 g/mol. The van der Waals surface area contributed by atoms with Crippen LogP contribution in [-0.4, -0.2) is 46.8 Å². The molecule has 0 bridgehead atoms. The molecule has 2 aromatic carbocycles. The second-order valence-corrected chi connectivity index (χ2v) is 7.95. The van der Waals surface area contributed by atoms with Gasteiger partial charge in [0.15, 0.2) is 5.69 Å². The van der Waals surface area contributed by atoms with Gasteiger partial charge in [-0.1, -0.05) is 17.7 Å². The summed E-state index contributed by atoms with van der Waals surface area (Å²) in [4.78, 5) is 14.2. The third-order valence-electron chi connectivity index (χ3n) is 5.22. The zero-order chi connectivity index (χ0) is 22.0. The van der Waals surface area contributed by atoms with E-state index in [4.69, 9.17) is 22.1 Å². The predicted octanol–water partition coefficient (Wildman–Crippen LogP) is 3.98. The number of nitrogens with one attached hydrogen (secondary N) is 1. The fourth-order valence-corrected chi connectivity index (χ4v) is 3.79. The van der Waals surface area contributed by atoms with Crippen molar-refractivity contribution < 1.29 is 13.9 Å². The number of likely N-dealkylation sites (tertiary alicyclic amines) is 1. The number of aromatic nitrogens is 2. The summed E-state index contributed by atoms with van der Waals surface area (Å²) in [6.45, 7) is 2.05. The van der Waals surface area contributed by atoms with Crippen molar-refractivity contribution in [3.8, 4) is 11.4 Å². The van der Waals surface area contributed by atoms with Gasteiger partial charge in [0.1, 0.15) is 23.4 Å². The van der Waals surface area contributed by atoms with E-state index < -0.39 is 11.7 Å². The Bertz CT molecular complexity index is 1060. The molecule has 1 fully saturated rings. The summed E-state index contributed by atoms with van der Waals surface area (Å²) in [5, 5.41) is 7.40. The maximum atomic E-state index is 14.3. The summed E-state index contributed by atoms with van der Waals surface area (Å²) in [7, 11) is 2.11. The van der Waals surface area contributed by atoms with E-state index in [-0.39, 0.29) is 22.5 Å². The molecule has 0 unspecified atom stereocenters. The Hall–Kier alpha value is -3.10. The Morgan fingerprint density at radius 3 is 2.58 bits per heavy atom. The van der Waals surface area contributed by atoms with E-state index in [1.54, 1.807) is 6.07 Å². The molecule has 1 aromatic heterocycles. The Balaban J connectivity index is 1.52. The predicted molar refractivity (Wildman–Crippen MR) is 118 cm³/mol. The van der Waals surface area contributed by atoms with E-state index in [0.717, 1.165) is 31.7 Å². The monoisotopic (exact) mass is 443 g/mol. The second-order valence-electron chi connectivity index (χ2n) is 7.54. The number of primary amides is 1. The molecule has 162 valence electrons. The van der Waals surface area contributed by atoms with Gasteiger partial charge in [-0.15, -0.1) is 0 Å². The van der Waals surface area contributed by atoms with E-state index in [2.05, 4.69) is 22.4 Å². The average Bonchev–Trinajstić information content (AvgIpc) is 3.14. The van der Waals surface area contributed by atoms with Crippen LogP contribution in [0.3, 0.4) is 0 Å². The molecular formula is C22H23ClFN5O2. The molecule has 3 aromatic rings. The Morgan fingerprint density at radius 2 is 1.94 bits per heavy atom. The van der Waals surface area contributed by atoms with E-state index in [9.17, 15) is 9.18 Å². The number of piperidine rings is 1. The van der Waals surface area contributed by atoms with Gasteiger partial charge in [-0.25, -0.2) is 9.07 Å². The van der Waals surface area contributed by atoms with Crippen LogP contribution in [0.2, 0.25) is 5.02 Å². The lowest BCUT2D eigenvalue weighted by Crippen LogP contribution is -2.35. The van der Waals surface area contributed by atoms with Gasteiger partial charge in [0.05, 0.1) is 16.9 Å². The van der Waals surface area contributed by atoms with Crippen molar-refractivity contribution in [1.82, 2.24) is 14.7 Å². The second kappa shape index (κ2) is 8.95. The Kier molecular flexibility index (Phi) is 6.11. The molecule has 1 aliphatic heterocycles. The highest BCUT2D eigenvalue weighted by molar-refractivity contribution is 6.32. The van der Waals surface area contributed by atoms with E-state index in [0.29, 0.717) is 11.4 Å². The van der Waals surface area contributed by atoms with Gasteiger partial charge in [0.25, 0.3) is 5.91 Å². The molecule has 0 atom stereocenters. The number of carbonyl (C=O) groups is 1. The molecule has 31 heavy (non-hydrogen) atoms. The molecule has 0 radical (unpaired) electrons. The third kappa shape index (κ3) is 4.81.